The zero-order chi connectivity index (χ0) is 13.4. The summed E-state index contributed by atoms with van der Waals surface area (Å²) in [5, 5.41) is 2.27. The third-order valence-electron chi connectivity index (χ3n) is 3.39. The van der Waals surface area contributed by atoms with Crippen molar-refractivity contribution in [3.05, 3.63) is 22.6 Å². The van der Waals surface area contributed by atoms with Crippen molar-refractivity contribution in [3.8, 4) is 0 Å². The second-order valence-electron chi connectivity index (χ2n) is 4.73. The van der Waals surface area contributed by atoms with Gasteiger partial charge in [0.05, 0.1) is 5.88 Å². The molecule has 3 rings (SSSR count). The Morgan fingerprint density at radius 3 is 2.74 bits per heavy atom. The van der Waals surface area contributed by atoms with Gasteiger partial charge in [0.25, 0.3) is 0 Å². The van der Waals surface area contributed by atoms with Gasteiger partial charge < -0.3 is 9.91 Å². The van der Waals surface area contributed by atoms with Gasteiger partial charge in [0.2, 0.25) is 0 Å². The number of fused-ring (bicyclic) bond motifs is 1. The monoisotopic (exact) mass is 343 g/mol. The molecule has 0 aliphatic carbocycles. The minimum absolute atomic E-state index is 0.389. The van der Waals surface area contributed by atoms with Crippen molar-refractivity contribution < 1.29 is 0 Å². The van der Waals surface area contributed by atoms with E-state index in [0.717, 1.165) is 47.6 Å². The van der Waals surface area contributed by atoms with Crippen molar-refractivity contribution in [3.63, 3.8) is 0 Å². The van der Waals surface area contributed by atoms with E-state index in [2.05, 4.69) is 47.5 Å². The highest BCUT2D eigenvalue weighted by atomic mass is 79.9. The fourth-order valence-electron chi connectivity index (χ4n) is 2.36. The van der Waals surface area contributed by atoms with Gasteiger partial charge in [-0.15, -0.1) is 11.6 Å². The molecule has 0 atom stereocenters. The van der Waals surface area contributed by atoms with Crippen molar-refractivity contribution in [2.45, 2.75) is 5.88 Å². The second-order valence-corrected chi connectivity index (χ2v) is 5.91. The number of hydrogen-bond acceptors (Lipinski definition) is 4. The molecule has 2 aromatic rings. The molecule has 0 aromatic carbocycles. The smallest absolute Gasteiger partial charge is 0.179 e. The summed E-state index contributed by atoms with van der Waals surface area (Å²) < 4.78 is 3.01. The lowest BCUT2D eigenvalue weighted by molar-refractivity contribution is 0.287. The third-order valence-corrected chi connectivity index (χ3v) is 4.06. The molecule has 0 radical (unpaired) electrons. The highest BCUT2D eigenvalue weighted by Gasteiger charge is 2.20. The molecule has 1 fully saturated rings. The maximum absolute atomic E-state index is 6.03. The van der Waals surface area contributed by atoms with Crippen molar-refractivity contribution in [2.75, 3.05) is 38.2 Å². The molecule has 0 N–H and O–H groups in total. The molecule has 7 heteroatoms. The molecule has 0 amide bonds. The largest absolute Gasteiger partial charge is 0.307 e. The van der Waals surface area contributed by atoms with Gasteiger partial charge in [-0.25, -0.2) is 14.6 Å². The quantitative estimate of drug-likeness (QED) is 0.779. The van der Waals surface area contributed by atoms with E-state index in [1.54, 1.807) is 6.20 Å². The first-order chi connectivity index (χ1) is 9.19. The maximum Gasteiger partial charge on any atom is 0.179 e. The van der Waals surface area contributed by atoms with Crippen LogP contribution in [0.1, 0.15) is 5.82 Å². The number of imidazole rings is 1. The Kier molecular flexibility index (Phi) is 3.64. The Bertz CT molecular complexity index is 591. The number of halogens is 2. The molecule has 1 saturated heterocycles. The average Bonchev–Trinajstić information content (AvgIpc) is 2.77. The van der Waals surface area contributed by atoms with E-state index in [9.17, 15) is 0 Å². The molecule has 19 heavy (non-hydrogen) atoms. The number of likely N-dealkylation sites (N-methyl/N-ethyl adjacent to an activating group) is 1. The Morgan fingerprint density at radius 1 is 1.32 bits per heavy atom. The van der Waals surface area contributed by atoms with Crippen LogP contribution in [0.15, 0.2) is 16.7 Å². The van der Waals surface area contributed by atoms with Crippen LogP contribution >= 0.6 is 27.5 Å². The van der Waals surface area contributed by atoms with E-state index in [1.807, 2.05) is 6.07 Å². The fraction of sp³-hybridized carbons (Fsp3) is 0.500. The average molecular weight is 345 g/mol. The number of rotatable bonds is 2. The minimum Gasteiger partial charge on any atom is -0.307 e. The van der Waals surface area contributed by atoms with Gasteiger partial charge in [-0.05, 0) is 29.0 Å². The van der Waals surface area contributed by atoms with Crippen LogP contribution in [-0.2, 0) is 5.88 Å². The lowest BCUT2D eigenvalue weighted by atomic mass is 10.4. The predicted molar refractivity (Wildman–Crippen MR) is 80.2 cm³/mol. The van der Waals surface area contributed by atoms with Crippen molar-refractivity contribution in [1.29, 1.82) is 0 Å². The highest BCUT2D eigenvalue weighted by Crippen LogP contribution is 2.20. The van der Waals surface area contributed by atoms with Gasteiger partial charge in [-0.2, -0.15) is 0 Å². The summed E-state index contributed by atoms with van der Waals surface area (Å²) in [6.07, 6.45) is 1.80. The number of nitrogens with zero attached hydrogens (tertiary/aromatic N) is 5. The summed E-state index contributed by atoms with van der Waals surface area (Å²) in [5.74, 6) is 1.24. The standard InChI is InChI=1S/C12H15BrClN5/c1-17-2-4-18(5-3-17)19-11(7-14)16-10-6-9(13)8-15-12(10)19/h6,8H,2-5,7H2,1H3. The number of piperazine rings is 1. The molecule has 0 spiro atoms. The Labute approximate surface area is 125 Å². The van der Waals surface area contributed by atoms with Crippen LogP contribution in [0.25, 0.3) is 11.2 Å². The SMILES string of the molecule is CN1CCN(n2c(CCl)nc3cc(Br)cnc32)CC1. The molecular formula is C12H15BrClN5. The Morgan fingerprint density at radius 2 is 2.05 bits per heavy atom. The second kappa shape index (κ2) is 5.26. The number of alkyl halides is 1. The zero-order valence-corrected chi connectivity index (χ0v) is 13.0. The van der Waals surface area contributed by atoms with Crippen LogP contribution in [0.5, 0.6) is 0 Å². The highest BCUT2D eigenvalue weighted by molar-refractivity contribution is 9.10. The van der Waals surface area contributed by atoms with Crippen molar-refractivity contribution in [1.82, 2.24) is 19.5 Å². The van der Waals surface area contributed by atoms with E-state index in [0.29, 0.717) is 5.88 Å². The van der Waals surface area contributed by atoms with Crippen LogP contribution in [0.2, 0.25) is 0 Å². The van der Waals surface area contributed by atoms with Crippen LogP contribution in [-0.4, -0.2) is 52.8 Å². The van der Waals surface area contributed by atoms with Gasteiger partial charge in [0, 0.05) is 36.8 Å². The molecule has 0 bridgehead atoms. The van der Waals surface area contributed by atoms with Gasteiger partial charge in [0.15, 0.2) is 5.65 Å². The number of aromatic nitrogens is 3. The normalized spacial score (nSPS) is 17.3. The van der Waals surface area contributed by atoms with Gasteiger partial charge in [-0.3, -0.25) is 0 Å². The first kappa shape index (κ1) is 13.1. The third kappa shape index (κ3) is 2.44. The van der Waals surface area contributed by atoms with E-state index >= 15 is 0 Å². The van der Waals surface area contributed by atoms with Crippen LogP contribution in [0, 0.1) is 0 Å². The van der Waals surface area contributed by atoms with Gasteiger partial charge >= 0.3 is 0 Å². The summed E-state index contributed by atoms with van der Waals surface area (Å²) in [7, 11) is 2.14. The lowest BCUT2D eigenvalue weighted by Crippen LogP contribution is -2.50. The predicted octanol–water partition coefficient (Wildman–Crippen LogP) is 1.82. The molecule has 0 saturated carbocycles. The molecule has 1 aliphatic rings. The molecule has 102 valence electrons. The van der Waals surface area contributed by atoms with Gasteiger partial charge in [-0.1, -0.05) is 0 Å². The van der Waals surface area contributed by atoms with E-state index in [-0.39, 0.29) is 0 Å². The first-order valence-electron chi connectivity index (χ1n) is 6.21. The van der Waals surface area contributed by atoms with Crippen molar-refractivity contribution in [2.24, 2.45) is 0 Å². The maximum atomic E-state index is 6.03. The Balaban J connectivity index is 2.05. The first-order valence-corrected chi connectivity index (χ1v) is 7.54. The topological polar surface area (TPSA) is 37.2 Å². The fourth-order valence-corrected chi connectivity index (χ4v) is 2.85. The Hall–Kier alpha value is -0.850. The van der Waals surface area contributed by atoms with Crippen molar-refractivity contribution >= 4 is 38.7 Å². The summed E-state index contributed by atoms with van der Waals surface area (Å²) in [6.45, 7) is 4.00. The van der Waals surface area contributed by atoms with Crippen LogP contribution in [0.4, 0.5) is 0 Å². The van der Waals surface area contributed by atoms with Crippen LogP contribution < -0.4 is 5.01 Å². The molecule has 3 heterocycles. The van der Waals surface area contributed by atoms with E-state index in [1.165, 1.54) is 0 Å². The molecule has 2 aromatic heterocycles. The molecular weight excluding hydrogens is 330 g/mol. The molecule has 1 aliphatic heterocycles. The number of hydrogen-bond donors (Lipinski definition) is 0. The van der Waals surface area contributed by atoms with E-state index in [4.69, 9.17) is 11.6 Å². The van der Waals surface area contributed by atoms with E-state index < -0.39 is 0 Å². The summed E-state index contributed by atoms with van der Waals surface area (Å²) in [6, 6.07) is 1.98. The van der Waals surface area contributed by atoms with Crippen LogP contribution in [0.3, 0.4) is 0 Å². The minimum atomic E-state index is 0.389. The number of pyridine rings is 1. The molecule has 0 unspecified atom stereocenters. The van der Waals surface area contributed by atoms with Gasteiger partial charge in [0.1, 0.15) is 11.3 Å². The molecule has 5 nitrogen and oxygen atoms in total. The summed E-state index contributed by atoms with van der Waals surface area (Å²) >= 11 is 9.46. The lowest BCUT2D eigenvalue weighted by Gasteiger charge is -2.35. The summed E-state index contributed by atoms with van der Waals surface area (Å²) in [4.78, 5) is 11.4. The zero-order valence-electron chi connectivity index (χ0n) is 10.7. The summed E-state index contributed by atoms with van der Waals surface area (Å²) in [5.41, 5.74) is 1.76.